The molecule has 126 valence electrons. The number of carbonyl (C=O) groups excluding carboxylic acids is 1. The fourth-order valence-electron chi connectivity index (χ4n) is 3.13. The molecule has 0 spiro atoms. The van der Waals surface area contributed by atoms with Gasteiger partial charge in [0, 0.05) is 24.8 Å². The number of benzene rings is 1. The Labute approximate surface area is 140 Å². The third-order valence-electron chi connectivity index (χ3n) is 4.22. The normalized spacial score (nSPS) is 11.4. The van der Waals surface area contributed by atoms with Gasteiger partial charge in [-0.25, -0.2) is 9.97 Å². The number of fused-ring (bicyclic) bond motifs is 3. The van der Waals surface area contributed by atoms with E-state index in [0.717, 1.165) is 60.0 Å². The monoisotopic (exact) mass is 325 g/mol. The first-order valence-corrected chi connectivity index (χ1v) is 8.43. The Bertz CT molecular complexity index is 884. The number of carbonyl (C=O) groups is 1. The number of hydrogen-bond donors (Lipinski definition) is 2. The number of nitrogens with two attached hydrogens (primary N) is 2. The summed E-state index contributed by atoms with van der Waals surface area (Å²) in [6.07, 6.45) is 3.97. The van der Waals surface area contributed by atoms with Crippen molar-refractivity contribution in [2.24, 2.45) is 5.73 Å². The summed E-state index contributed by atoms with van der Waals surface area (Å²) in [7, 11) is 0. The molecule has 1 amide bonds. The topological polar surface area (TPSA) is 99.8 Å². The van der Waals surface area contributed by atoms with Crippen molar-refractivity contribution in [2.45, 2.75) is 45.6 Å². The van der Waals surface area contributed by atoms with Gasteiger partial charge < -0.3 is 16.0 Å². The average Bonchev–Trinajstić information content (AvgIpc) is 2.91. The number of rotatable bonds is 7. The lowest BCUT2D eigenvalue weighted by atomic mass is 10.1. The van der Waals surface area contributed by atoms with Crippen LogP contribution in [-0.2, 0) is 17.8 Å². The molecule has 0 bridgehead atoms. The van der Waals surface area contributed by atoms with Crippen LogP contribution in [0.2, 0.25) is 0 Å². The van der Waals surface area contributed by atoms with Gasteiger partial charge in [0.25, 0.3) is 0 Å². The van der Waals surface area contributed by atoms with E-state index in [1.165, 1.54) is 0 Å². The van der Waals surface area contributed by atoms with Gasteiger partial charge in [-0.15, -0.1) is 0 Å². The number of nitrogen functional groups attached to an aromatic ring is 1. The first kappa shape index (κ1) is 16.2. The number of hydrogen-bond acceptors (Lipinski definition) is 4. The predicted molar refractivity (Wildman–Crippen MR) is 96.5 cm³/mol. The minimum atomic E-state index is -0.252. The lowest BCUT2D eigenvalue weighted by molar-refractivity contribution is -0.118. The second-order valence-electron chi connectivity index (χ2n) is 6.06. The van der Waals surface area contributed by atoms with Gasteiger partial charge in [0.05, 0.1) is 11.0 Å². The lowest BCUT2D eigenvalue weighted by Gasteiger charge is -2.10. The Morgan fingerprint density at radius 2 is 2.00 bits per heavy atom. The Morgan fingerprint density at radius 3 is 2.75 bits per heavy atom. The van der Waals surface area contributed by atoms with Crippen molar-refractivity contribution in [2.75, 3.05) is 5.73 Å². The summed E-state index contributed by atoms with van der Waals surface area (Å²) in [4.78, 5) is 20.2. The van der Waals surface area contributed by atoms with Crippen LogP contribution in [0, 0.1) is 0 Å². The molecule has 3 aromatic rings. The van der Waals surface area contributed by atoms with Gasteiger partial charge in [0.2, 0.25) is 5.91 Å². The van der Waals surface area contributed by atoms with Gasteiger partial charge in [-0.05, 0) is 25.3 Å². The fourth-order valence-corrected chi connectivity index (χ4v) is 3.13. The standard InChI is InChI=1S/C18H23N5O/c1-2-7-15-22-16-17(23(15)11-6-5-10-14(19)24)12-8-3-4-9-13(12)21-18(16)20/h3-4,8-9H,2,5-7,10-11H2,1H3,(H2,19,24)(H2,20,21). The molecule has 0 unspecified atom stereocenters. The summed E-state index contributed by atoms with van der Waals surface area (Å²) in [5.74, 6) is 1.24. The second-order valence-corrected chi connectivity index (χ2v) is 6.06. The number of pyridine rings is 1. The molecule has 0 saturated heterocycles. The van der Waals surface area contributed by atoms with E-state index in [1.807, 2.05) is 18.2 Å². The van der Waals surface area contributed by atoms with Crippen LogP contribution in [0.5, 0.6) is 0 Å². The summed E-state index contributed by atoms with van der Waals surface area (Å²) in [5.41, 5.74) is 14.1. The van der Waals surface area contributed by atoms with E-state index in [0.29, 0.717) is 12.2 Å². The molecule has 0 radical (unpaired) electrons. The van der Waals surface area contributed by atoms with E-state index >= 15 is 0 Å². The van der Waals surface area contributed by atoms with Crippen molar-refractivity contribution in [3.05, 3.63) is 30.1 Å². The molecular weight excluding hydrogens is 302 g/mol. The number of aromatic nitrogens is 3. The minimum Gasteiger partial charge on any atom is -0.382 e. The number of para-hydroxylation sites is 1. The SMILES string of the molecule is CCCc1nc2c(N)nc3ccccc3c2n1CCCCC(N)=O. The minimum absolute atomic E-state index is 0.252. The maximum atomic E-state index is 10.9. The van der Waals surface area contributed by atoms with Crippen molar-refractivity contribution in [3.8, 4) is 0 Å². The van der Waals surface area contributed by atoms with Gasteiger partial charge >= 0.3 is 0 Å². The highest BCUT2D eigenvalue weighted by Gasteiger charge is 2.16. The molecule has 0 aliphatic heterocycles. The van der Waals surface area contributed by atoms with E-state index < -0.39 is 0 Å². The molecule has 0 fully saturated rings. The highest BCUT2D eigenvalue weighted by atomic mass is 16.1. The van der Waals surface area contributed by atoms with Crippen molar-refractivity contribution in [1.82, 2.24) is 14.5 Å². The van der Waals surface area contributed by atoms with Crippen molar-refractivity contribution in [1.29, 1.82) is 0 Å². The molecule has 2 aromatic heterocycles. The van der Waals surface area contributed by atoms with E-state index in [-0.39, 0.29) is 5.91 Å². The maximum Gasteiger partial charge on any atom is 0.217 e. The number of amides is 1. The van der Waals surface area contributed by atoms with Crippen LogP contribution in [0.1, 0.15) is 38.4 Å². The third kappa shape index (κ3) is 3.04. The summed E-state index contributed by atoms with van der Waals surface area (Å²) < 4.78 is 2.24. The molecule has 0 aliphatic rings. The first-order valence-electron chi connectivity index (χ1n) is 8.43. The molecule has 0 atom stereocenters. The summed E-state index contributed by atoms with van der Waals surface area (Å²) in [6, 6.07) is 7.99. The highest BCUT2D eigenvalue weighted by molar-refractivity contribution is 6.06. The summed E-state index contributed by atoms with van der Waals surface area (Å²) >= 11 is 0. The Morgan fingerprint density at radius 1 is 1.21 bits per heavy atom. The van der Waals surface area contributed by atoms with Crippen LogP contribution in [0.4, 0.5) is 5.82 Å². The summed E-state index contributed by atoms with van der Waals surface area (Å²) in [5, 5.41) is 1.06. The smallest absolute Gasteiger partial charge is 0.217 e. The zero-order valence-corrected chi connectivity index (χ0v) is 14.0. The quantitative estimate of drug-likeness (QED) is 0.652. The van der Waals surface area contributed by atoms with Gasteiger partial charge in [0.1, 0.15) is 11.3 Å². The van der Waals surface area contributed by atoms with Crippen LogP contribution < -0.4 is 11.5 Å². The van der Waals surface area contributed by atoms with Crippen molar-refractivity contribution < 1.29 is 4.79 Å². The molecule has 24 heavy (non-hydrogen) atoms. The molecular formula is C18H23N5O. The van der Waals surface area contributed by atoms with E-state index in [9.17, 15) is 4.79 Å². The molecule has 3 rings (SSSR count). The molecule has 6 nitrogen and oxygen atoms in total. The van der Waals surface area contributed by atoms with Gasteiger partial charge in [-0.2, -0.15) is 0 Å². The lowest BCUT2D eigenvalue weighted by Crippen LogP contribution is -2.11. The van der Waals surface area contributed by atoms with Gasteiger partial charge in [-0.1, -0.05) is 25.1 Å². The largest absolute Gasteiger partial charge is 0.382 e. The number of anilines is 1. The number of nitrogens with zero attached hydrogens (tertiary/aromatic N) is 3. The molecule has 2 heterocycles. The fraction of sp³-hybridized carbons (Fsp3) is 0.389. The van der Waals surface area contributed by atoms with E-state index in [1.54, 1.807) is 0 Å². The van der Waals surface area contributed by atoms with E-state index in [4.69, 9.17) is 16.5 Å². The predicted octanol–water partition coefficient (Wildman–Crippen LogP) is 2.77. The number of imidazole rings is 1. The van der Waals surface area contributed by atoms with Crippen LogP contribution in [0.15, 0.2) is 24.3 Å². The van der Waals surface area contributed by atoms with Crippen molar-refractivity contribution >= 4 is 33.7 Å². The van der Waals surface area contributed by atoms with Crippen LogP contribution >= 0.6 is 0 Å². The molecule has 6 heteroatoms. The second kappa shape index (κ2) is 6.86. The molecule has 0 saturated carbocycles. The Balaban J connectivity index is 2.09. The van der Waals surface area contributed by atoms with Crippen LogP contribution in [-0.4, -0.2) is 20.4 Å². The number of primary amides is 1. The zero-order valence-electron chi connectivity index (χ0n) is 14.0. The van der Waals surface area contributed by atoms with Crippen molar-refractivity contribution in [3.63, 3.8) is 0 Å². The first-order chi connectivity index (χ1) is 11.6. The van der Waals surface area contributed by atoms with Gasteiger partial charge in [-0.3, -0.25) is 4.79 Å². The maximum absolute atomic E-state index is 10.9. The third-order valence-corrected chi connectivity index (χ3v) is 4.22. The molecule has 4 N–H and O–H groups in total. The number of unbranched alkanes of at least 4 members (excludes halogenated alkanes) is 1. The van der Waals surface area contributed by atoms with E-state index in [2.05, 4.69) is 22.5 Å². The zero-order chi connectivity index (χ0) is 17.1. The average molecular weight is 325 g/mol. The summed E-state index contributed by atoms with van der Waals surface area (Å²) in [6.45, 7) is 2.93. The molecule has 1 aromatic carbocycles. The highest BCUT2D eigenvalue weighted by Crippen LogP contribution is 2.29. The van der Waals surface area contributed by atoms with Gasteiger partial charge in [0.15, 0.2) is 5.82 Å². The molecule has 0 aliphatic carbocycles. The number of aryl methyl sites for hydroxylation is 2. The van der Waals surface area contributed by atoms with Crippen LogP contribution in [0.3, 0.4) is 0 Å². The Kier molecular flexibility index (Phi) is 4.64. The Hall–Kier alpha value is -2.63. The van der Waals surface area contributed by atoms with Crippen LogP contribution in [0.25, 0.3) is 21.9 Å².